The van der Waals surface area contributed by atoms with Crippen molar-refractivity contribution in [3.63, 3.8) is 0 Å². The zero-order valence-electron chi connectivity index (χ0n) is 25.5. The van der Waals surface area contributed by atoms with Gasteiger partial charge in [-0.15, -0.1) is 0 Å². The summed E-state index contributed by atoms with van der Waals surface area (Å²) in [5.74, 6) is 0.577. The lowest BCUT2D eigenvalue weighted by molar-refractivity contribution is 0.00578. The Kier molecular flexibility index (Phi) is 15.8. The largest absolute Gasteiger partial charge is 0.490 e. The van der Waals surface area contributed by atoms with Gasteiger partial charge >= 0.3 is 17.2 Å². The maximum Gasteiger partial charge on any atom is 0.490 e. The fourth-order valence-corrected chi connectivity index (χ4v) is 5.65. The fraction of sp³-hybridized carbons (Fsp3) is 0.871. The van der Waals surface area contributed by atoms with E-state index in [9.17, 15) is 8.42 Å². The van der Waals surface area contributed by atoms with Crippen LogP contribution in [0.2, 0.25) is 0 Å². The zero-order valence-corrected chi connectivity index (χ0v) is 26.3. The van der Waals surface area contributed by atoms with Gasteiger partial charge in [-0.05, 0) is 109 Å². The first-order valence-corrected chi connectivity index (χ1v) is 16.3. The summed E-state index contributed by atoms with van der Waals surface area (Å²) in [4.78, 5) is 0. The van der Waals surface area contributed by atoms with Crippen LogP contribution in [-0.2, 0) is 33.1 Å². The summed E-state index contributed by atoms with van der Waals surface area (Å²) in [6.45, 7) is 20.1. The molecule has 9 heteroatoms. The number of hydrogen-bond acceptors (Lipinski definition) is 7. The Morgan fingerprint density at radius 1 is 0.800 bits per heavy atom. The highest BCUT2D eigenvalue weighted by Gasteiger charge is 2.52. The maximum atomic E-state index is 11.0. The van der Waals surface area contributed by atoms with E-state index in [-0.39, 0.29) is 38.6 Å². The minimum Gasteiger partial charge on any atom is -0.400 e. The highest BCUT2D eigenvalue weighted by molar-refractivity contribution is 7.86. The molecule has 0 aromatic carbocycles. The first-order valence-electron chi connectivity index (χ1n) is 14.4. The number of ether oxygens (including phenoxy) is 2. The van der Waals surface area contributed by atoms with Gasteiger partial charge in [0.15, 0.2) is 0 Å². The molecule has 2 atom stereocenters. The van der Waals surface area contributed by atoms with E-state index in [0.29, 0.717) is 17.6 Å². The molecule has 0 saturated carbocycles. The molecular formula is C31H61BO7S. The summed E-state index contributed by atoms with van der Waals surface area (Å²) in [5, 5.41) is 0. The molecule has 0 bridgehead atoms. The van der Waals surface area contributed by atoms with Crippen LogP contribution < -0.4 is 0 Å². The van der Waals surface area contributed by atoms with Crippen molar-refractivity contribution in [1.82, 2.24) is 0 Å². The van der Waals surface area contributed by atoms with Gasteiger partial charge in [-0.2, -0.15) is 8.42 Å². The second-order valence-corrected chi connectivity index (χ2v) is 13.8. The minimum absolute atomic E-state index is 0. The Hall–Kier alpha value is -0.865. The molecule has 1 heterocycles. The lowest BCUT2D eigenvalue weighted by Gasteiger charge is -2.35. The van der Waals surface area contributed by atoms with Crippen molar-refractivity contribution in [2.45, 2.75) is 133 Å². The van der Waals surface area contributed by atoms with E-state index in [0.717, 1.165) is 64.8 Å². The molecule has 2 unspecified atom stereocenters. The molecule has 0 N–H and O–H groups in total. The molecule has 0 radical (unpaired) electrons. The molecule has 0 amide bonds. The summed E-state index contributed by atoms with van der Waals surface area (Å²) in [6.07, 6.45) is 13.2. The second kappa shape index (κ2) is 16.1. The Morgan fingerprint density at radius 3 is 1.57 bits per heavy atom. The lowest BCUT2D eigenvalue weighted by Crippen LogP contribution is -2.41. The van der Waals surface area contributed by atoms with E-state index < -0.39 is 10.1 Å². The summed E-state index contributed by atoms with van der Waals surface area (Å²) in [7, 11) is -3.55. The minimum atomic E-state index is -3.38. The van der Waals surface area contributed by atoms with E-state index in [2.05, 4.69) is 54.5 Å². The van der Waals surface area contributed by atoms with Gasteiger partial charge in [0.2, 0.25) is 0 Å². The molecule has 2 aliphatic carbocycles. The van der Waals surface area contributed by atoms with Crippen LogP contribution in [0.25, 0.3) is 0 Å². The van der Waals surface area contributed by atoms with Crippen molar-refractivity contribution in [3.8, 4) is 0 Å². The molecule has 0 aromatic heterocycles. The van der Waals surface area contributed by atoms with Crippen molar-refractivity contribution >= 4 is 17.2 Å². The predicted molar refractivity (Wildman–Crippen MR) is 168 cm³/mol. The van der Waals surface area contributed by atoms with Crippen molar-refractivity contribution in [2.75, 3.05) is 32.7 Å². The van der Waals surface area contributed by atoms with E-state index >= 15 is 0 Å². The predicted octanol–water partition coefficient (Wildman–Crippen LogP) is 7.90. The van der Waals surface area contributed by atoms with Crippen molar-refractivity contribution in [3.05, 3.63) is 23.4 Å². The topological polar surface area (TPSA) is 80.3 Å². The summed E-state index contributed by atoms with van der Waals surface area (Å²) in [5.41, 5.74) is 1.28. The zero-order chi connectivity index (χ0) is 28.7. The molecule has 0 spiro atoms. The highest BCUT2D eigenvalue weighted by atomic mass is 32.2. The van der Waals surface area contributed by atoms with Gasteiger partial charge in [-0.1, -0.05) is 34.8 Å². The molecule has 40 heavy (non-hydrogen) atoms. The average molecular weight is 589 g/mol. The molecule has 3 rings (SSSR count). The van der Waals surface area contributed by atoms with Crippen LogP contribution >= 0.6 is 0 Å². The van der Waals surface area contributed by atoms with E-state index in [1.54, 1.807) is 0 Å². The molecule has 1 fully saturated rings. The SMILES string of the molecule is C.C.CCOCC1(CC)CC=C(B2OC(C)(C)C(C)(C)O2)CC1.CCOCC1(CC)CC=C(OS(C)(=O)=O)CC1. The maximum absolute atomic E-state index is 11.0. The molecule has 1 aliphatic heterocycles. The number of rotatable bonds is 11. The van der Waals surface area contributed by atoms with Crippen LogP contribution in [0.5, 0.6) is 0 Å². The van der Waals surface area contributed by atoms with Crippen molar-refractivity contribution < 1.29 is 31.4 Å². The normalized spacial score (nSPS) is 27.3. The monoisotopic (exact) mass is 588 g/mol. The smallest absolute Gasteiger partial charge is 0.400 e. The van der Waals surface area contributed by atoms with Gasteiger partial charge in [0, 0.05) is 19.6 Å². The molecule has 3 aliphatic rings. The summed E-state index contributed by atoms with van der Waals surface area (Å²) >= 11 is 0. The molecule has 0 aromatic rings. The highest BCUT2D eigenvalue weighted by Crippen LogP contribution is 2.44. The van der Waals surface area contributed by atoms with Crippen LogP contribution in [0.4, 0.5) is 0 Å². The Labute approximate surface area is 248 Å². The van der Waals surface area contributed by atoms with Crippen LogP contribution in [0.3, 0.4) is 0 Å². The number of hydrogen-bond donors (Lipinski definition) is 0. The molecule has 236 valence electrons. The molecular weight excluding hydrogens is 527 g/mol. The van der Waals surface area contributed by atoms with E-state index in [1.165, 1.54) is 18.3 Å². The van der Waals surface area contributed by atoms with Gasteiger partial charge in [-0.25, -0.2) is 0 Å². The lowest BCUT2D eigenvalue weighted by atomic mass is 9.65. The third-order valence-corrected chi connectivity index (χ3v) is 9.46. The van der Waals surface area contributed by atoms with E-state index in [1.807, 2.05) is 13.0 Å². The average Bonchev–Trinajstić information content (AvgIpc) is 3.09. The van der Waals surface area contributed by atoms with Gasteiger partial charge in [0.1, 0.15) is 5.76 Å². The third-order valence-electron chi connectivity index (χ3n) is 8.94. The van der Waals surface area contributed by atoms with Gasteiger partial charge < -0.3 is 23.0 Å². The van der Waals surface area contributed by atoms with Crippen LogP contribution in [0.1, 0.15) is 122 Å². The van der Waals surface area contributed by atoms with Gasteiger partial charge in [0.05, 0.1) is 30.7 Å². The Balaban J connectivity index is 0.000000740. The third kappa shape index (κ3) is 10.8. The van der Waals surface area contributed by atoms with E-state index in [4.69, 9.17) is 23.0 Å². The summed E-state index contributed by atoms with van der Waals surface area (Å²) < 4.78 is 50.5. The first kappa shape index (κ1) is 39.1. The van der Waals surface area contributed by atoms with Gasteiger partial charge in [-0.3, -0.25) is 0 Å². The number of allylic oxidation sites excluding steroid dienone is 4. The summed E-state index contributed by atoms with van der Waals surface area (Å²) in [6, 6.07) is 0. The second-order valence-electron chi connectivity index (χ2n) is 12.2. The molecule has 7 nitrogen and oxygen atoms in total. The fourth-order valence-electron chi connectivity index (χ4n) is 5.11. The van der Waals surface area contributed by atoms with Gasteiger partial charge in [0.25, 0.3) is 0 Å². The Bertz CT molecular complexity index is 912. The quantitative estimate of drug-likeness (QED) is 0.179. The molecule has 1 saturated heterocycles. The van der Waals surface area contributed by atoms with Crippen LogP contribution in [-0.4, -0.2) is 59.4 Å². The van der Waals surface area contributed by atoms with Crippen LogP contribution in [0.15, 0.2) is 23.4 Å². The van der Waals surface area contributed by atoms with Crippen LogP contribution in [0, 0.1) is 10.8 Å². The van der Waals surface area contributed by atoms with Crippen molar-refractivity contribution in [1.29, 1.82) is 0 Å². The standard InChI is InChI=1S/C17H31BO3.C12H22O4S.2CH4/c1-7-17(13-19-8-2)11-9-14(10-12-17)18-20-15(3,4)16(5,6)21-18;1-4-12(10-15-5-2)8-6-11(7-9-12)16-17(3,13)14;;/h9H,7-8,10-13H2,1-6H3;6H,4-5,7-10H2,1-3H3;2*1H4. The van der Waals surface area contributed by atoms with Crippen molar-refractivity contribution in [2.24, 2.45) is 10.8 Å². The Morgan fingerprint density at radius 2 is 1.25 bits per heavy atom. The first-order chi connectivity index (χ1) is 17.7.